The lowest BCUT2D eigenvalue weighted by Crippen LogP contribution is -2.34. The third-order valence-electron chi connectivity index (χ3n) is 4.03. The maximum Gasteiger partial charge on any atom is 0.143 e. The number of piperidine rings is 1. The summed E-state index contributed by atoms with van der Waals surface area (Å²) in [6.07, 6.45) is 4.94. The molecule has 0 aliphatic carbocycles. The van der Waals surface area contributed by atoms with Crippen molar-refractivity contribution in [2.45, 2.75) is 12.8 Å². The molecule has 1 aromatic heterocycles. The number of methoxy groups -OCH3 is 1. The first-order valence-electron chi connectivity index (χ1n) is 7.31. The number of carbonyl (C=O) groups excluding carboxylic acids is 1. The Morgan fingerprint density at radius 2 is 2.00 bits per heavy atom. The summed E-state index contributed by atoms with van der Waals surface area (Å²) < 4.78 is 7.12. The fourth-order valence-corrected chi connectivity index (χ4v) is 2.81. The Labute approximate surface area is 129 Å². The van der Waals surface area contributed by atoms with Gasteiger partial charge in [-0.05, 0) is 6.07 Å². The quantitative estimate of drug-likeness (QED) is 0.876. The molecule has 1 aromatic carbocycles. The van der Waals surface area contributed by atoms with Gasteiger partial charge in [0.1, 0.15) is 11.5 Å². The van der Waals surface area contributed by atoms with Gasteiger partial charge in [0.05, 0.1) is 19.0 Å². The number of ether oxygens (including phenoxy) is 1. The SMILES string of the molecule is COc1cc(N2CCC(=O)CC2)c(-c2cnn(C)c2)cc1N. The molecule has 1 aliphatic heterocycles. The number of aryl methyl sites for hydroxylation is 1. The first-order valence-corrected chi connectivity index (χ1v) is 7.31. The Kier molecular flexibility index (Phi) is 3.75. The van der Waals surface area contributed by atoms with Crippen molar-refractivity contribution >= 4 is 17.2 Å². The highest BCUT2D eigenvalue weighted by Gasteiger charge is 2.21. The maximum absolute atomic E-state index is 11.5. The van der Waals surface area contributed by atoms with E-state index < -0.39 is 0 Å². The van der Waals surface area contributed by atoms with Crippen molar-refractivity contribution in [3.05, 3.63) is 24.5 Å². The Morgan fingerprint density at radius 1 is 1.27 bits per heavy atom. The number of hydrogen-bond acceptors (Lipinski definition) is 5. The summed E-state index contributed by atoms with van der Waals surface area (Å²) >= 11 is 0. The van der Waals surface area contributed by atoms with Crippen molar-refractivity contribution in [2.75, 3.05) is 30.8 Å². The molecule has 116 valence electrons. The summed E-state index contributed by atoms with van der Waals surface area (Å²) in [5.74, 6) is 0.973. The lowest BCUT2D eigenvalue weighted by molar-refractivity contribution is -0.119. The van der Waals surface area contributed by atoms with Crippen LogP contribution in [0.2, 0.25) is 0 Å². The van der Waals surface area contributed by atoms with Crippen LogP contribution in [0, 0.1) is 0 Å². The van der Waals surface area contributed by atoms with E-state index in [1.165, 1.54) is 0 Å². The van der Waals surface area contributed by atoms with E-state index in [-0.39, 0.29) is 0 Å². The van der Waals surface area contributed by atoms with Crippen LogP contribution in [0.4, 0.5) is 11.4 Å². The maximum atomic E-state index is 11.5. The highest BCUT2D eigenvalue weighted by molar-refractivity contribution is 5.86. The normalized spacial score (nSPS) is 15.2. The van der Waals surface area contributed by atoms with E-state index in [2.05, 4.69) is 10.00 Å². The van der Waals surface area contributed by atoms with Crippen LogP contribution in [0.1, 0.15) is 12.8 Å². The van der Waals surface area contributed by atoms with E-state index in [0.29, 0.717) is 30.1 Å². The van der Waals surface area contributed by atoms with Crippen LogP contribution in [-0.2, 0) is 11.8 Å². The molecule has 0 saturated carbocycles. The second-order valence-electron chi connectivity index (χ2n) is 5.54. The number of aromatic nitrogens is 2. The van der Waals surface area contributed by atoms with Crippen molar-refractivity contribution in [2.24, 2.45) is 7.05 Å². The van der Waals surface area contributed by atoms with Gasteiger partial charge in [0, 0.05) is 62.1 Å². The highest BCUT2D eigenvalue weighted by atomic mass is 16.5. The molecular formula is C16H20N4O2. The van der Waals surface area contributed by atoms with Gasteiger partial charge in [-0.15, -0.1) is 0 Å². The van der Waals surface area contributed by atoms with Crippen LogP contribution in [0.15, 0.2) is 24.5 Å². The Hall–Kier alpha value is -2.50. The van der Waals surface area contributed by atoms with Crippen molar-refractivity contribution in [3.8, 4) is 16.9 Å². The number of Topliss-reactive ketones (excluding diaryl/α,β-unsaturated/α-hetero) is 1. The average molecular weight is 300 g/mol. The van der Waals surface area contributed by atoms with Crippen LogP contribution >= 0.6 is 0 Å². The Bertz CT molecular complexity index is 698. The Morgan fingerprint density at radius 3 is 2.59 bits per heavy atom. The minimum absolute atomic E-state index is 0.321. The standard InChI is InChI=1S/C16H20N4O2/c1-19-10-11(9-18-19)13-7-14(17)16(22-2)8-15(13)20-5-3-12(21)4-6-20/h7-10H,3-6,17H2,1-2H3. The predicted molar refractivity (Wildman–Crippen MR) is 86.1 cm³/mol. The lowest BCUT2D eigenvalue weighted by atomic mass is 10.0. The number of nitrogens with zero attached hydrogens (tertiary/aromatic N) is 3. The van der Waals surface area contributed by atoms with Crippen LogP contribution in [0.3, 0.4) is 0 Å². The van der Waals surface area contributed by atoms with Gasteiger partial charge in [-0.3, -0.25) is 9.48 Å². The highest BCUT2D eigenvalue weighted by Crippen LogP contribution is 2.38. The van der Waals surface area contributed by atoms with Crippen LogP contribution in [0.25, 0.3) is 11.1 Å². The number of rotatable bonds is 3. The molecule has 6 heteroatoms. The molecule has 6 nitrogen and oxygen atoms in total. The minimum atomic E-state index is 0.321. The summed E-state index contributed by atoms with van der Waals surface area (Å²) in [6, 6.07) is 3.87. The number of carbonyl (C=O) groups is 1. The number of nitrogens with two attached hydrogens (primary N) is 1. The molecule has 2 N–H and O–H groups in total. The average Bonchev–Trinajstić information content (AvgIpc) is 2.94. The van der Waals surface area contributed by atoms with Gasteiger partial charge in [0.15, 0.2) is 0 Å². The first kappa shape index (κ1) is 14.4. The monoisotopic (exact) mass is 300 g/mol. The molecule has 2 aromatic rings. The van der Waals surface area contributed by atoms with Gasteiger partial charge in [-0.25, -0.2) is 0 Å². The van der Waals surface area contributed by atoms with Gasteiger partial charge in [-0.2, -0.15) is 5.10 Å². The zero-order valence-electron chi connectivity index (χ0n) is 12.9. The second kappa shape index (κ2) is 5.71. The van der Waals surface area contributed by atoms with E-state index in [1.54, 1.807) is 11.8 Å². The van der Waals surface area contributed by atoms with Gasteiger partial charge < -0.3 is 15.4 Å². The summed E-state index contributed by atoms with van der Waals surface area (Å²) in [5.41, 5.74) is 9.72. The number of anilines is 2. The van der Waals surface area contributed by atoms with Gasteiger partial charge in [0.25, 0.3) is 0 Å². The second-order valence-corrected chi connectivity index (χ2v) is 5.54. The van der Waals surface area contributed by atoms with Crippen molar-refractivity contribution in [1.82, 2.24) is 9.78 Å². The number of hydrogen-bond donors (Lipinski definition) is 1. The summed E-state index contributed by atoms with van der Waals surface area (Å²) in [6.45, 7) is 1.44. The molecule has 0 unspecified atom stereocenters. The molecule has 3 rings (SSSR count). The van der Waals surface area contributed by atoms with Crippen LogP contribution in [0.5, 0.6) is 5.75 Å². The zero-order chi connectivity index (χ0) is 15.7. The molecule has 1 saturated heterocycles. The van der Waals surface area contributed by atoms with E-state index >= 15 is 0 Å². The molecule has 0 amide bonds. The predicted octanol–water partition coefficient (Wildman–Crippen LogP) is 1.85. The number of nitrogen functional groups attached to an aromatic ring is 1. The molecule has 1 aliphatic rings. The number of ketones is 1. The fourth-order valence-electron chi connectivity index (χ4n) is 2.81. The molecule has 0 radical (unpaired) electrons. The molecular weight excluding hydrogens is 280 g/mol. The van der Waals surface area contributed by atoms with E-state index in [4.69, 9.17) is 10.5 Å². The van der Waals surface area contributed by atoms with E-state index in [0.717, 1.165) is 29.9 Å². The molecule has 0 atom stereocenters. The zero-order valence-corrected chi connectivity index (χ0v) is 12.9. The smallest absolute Gasteiger partial charge is 0.143 e. The van der Waals surface area contributed by atoms with Gasteiger partial charge >= 0.3 is 0 Å². The van der Waals surface area contributed by atoms with Crippen LogP contribution in [-0.4, -0.2) is 35.8 Å². The molecule has 1 fully saturated rings. The van der Waals surface area contributed by atoms with Gasteiger partial charge in [-0.1, -0.05) is 0 Å². The fraction of sp³-hybridized carbons (Fsp3) is 0.375. The third kappa shape index (κ3) is 2.64. The minimum Gasteiger partial charge on any atom is -0.495 e. The van der Waals surface area contributed by atoms with E-state index in [9.17, 15) is 4.79 Å². The van der Waals surface area contributed by atoms with Crippen molar-refractivity contribution in [3.63, 3.8) is 0 Å². The summed E-state index contributed by atoms with van der Waals surface area (Å²) in [7, 11) is 3.49. The largest absolute Gasteiger partial charge is 0.495 e. The summed E-state index contributed by atoms with van der Waals surface area (Å²) in [4.78, 5) is 13.7. The van der Waals surface area contributed by atoms with Crippen LogP contribution < -0.4 is 15.4 Å². The van der Waals surface area contributed by atoms with Gasteiger partial charge in [0.2, 0.25) is 0 Å². The third-order valence-corrected chi connectivity index (χ3v) is 4.03. The first-order chi connectivity index (χ1) is 10.6. The molecule has 22 heavy (non-hydrogen) atoms. The molecule has 0 spiro atoms. The van der Waals surface area contributed by atoms with Crippen molar-refractivity contribution in [1.29, 1.82) is 0 Å². The molecule has 2 heterocycles. The topological polar surface area (TPSA) is 73.4 Å². The summed E-state index contributed by atoms with van der Waals surface area (Å²) in [5, 5.41) is 4.24. The van der Waals surface area contributed by atoms with E-state index in [1.807, 2.05) is 31.6 Å². The Balaban J connectivity index is 2.07. The lowest BCUT2D eigenvalue weighted by Gasteiger charge is -2.30. The molecule has 0 bridgehead atoms. The number of benzene rings is 1. The van der Waals surface area contributed by atoms with Crippen molar-refractivity contribution < 1.29 is 9.53 Å².